The second-order valence-corrected chi connectivity index (χ2v) is 6.45. The number of anilines is 1. The Morgan fingerprint density at radius 2 is 2.00 bits per heavy atom. The maximum Gasteiger partial charge on any atom is 0.254 e. The largest absolute Gasteiger partial charge is 0.490 e. The molecule has 2 aromatic rings. The summed E-state index contributed by atoms with van der Waals surface area (Å²) in [5, 5.41) is 3.69. The third-order valence-corrected chi connectivity index (χ3v) is 4.41. The molecule has 2 amide bonds. The molecule has 1 unspecified atom stereocenters. The summed E-state index contributed by atoms with van der Waals surface area (Å²) in [5.74, 6) is 0.0687. The van der Waals surface area contributed by atoms with Gasteiger partial charge in [-0.15, -0.1) is 0 Å². The van der Waals surface area contributed by atoms with E-state index in [4.69, 9.17) is 27.9 Å². The van der Waals surface area contributed by atoms with E-state index in [-0.39, 0.29) is 18.4 Å². The van der Waals surface area contributed by atoms with Crippen LogP contribution in [0.3, 0.4) is 0 Å². The Hall–Kier alpha value is -2.24. The van der Waals surface area contributed by atoms with E-state index in [2.05, 4.69) is 5.32 Å². The molecule has 0 aromatic heterocycles. The van der Waals surface area contributed by atoms with Crippen molar-refractivity contribution in [1.29, 1.82) is 0 Å². The lowest BCUT2D eigenvalue weighted by atomic mass is 10.1. The molecule has 1 aliphatic heterocycles. The summed E-state index contributed by atoms with van der Waals surface area (Å²) in [6, 6.07) is 11.6. The number of rotatable bonds is 5. The first kappa shape index (κ1) is 17.6. The Balaban J connectivity index is 1.76. The molecule has 0 fully saturated rings. The monoisotopic (exact) mass is 378 g/mol. The van der Waals surface area contributed by atoms with E-state index in [9.17, 15) is 9.59 Å². The van der Waals surface area contributed by atoms with Crippen molar-refractivity contribution in [2.45, 2.75) is 13.0 Å². The van der Waals surface area contributed by atoms with Gasteiger partial charge in [-0.05, 0) is 30.3 Å². The van der Waals surface area contributed by atoms with Crippen molar-refractivity contribution in [2.75, 3.05) is 18.1 Å². The molecular formula is C18H16Cl2N2O3. The third-order valence-electron chi connectivity index (χ3n) is 3.86. The molecule has 1 N–H and O–H groups in total. The SMILES string of the molecule is CC(=O)NC1C(=O)N(CCOc2ccccc2Cl)c2ccc(Cl)cc21. The number of hydrogen-bond acceptors (Lipinski definition) is 3. The number of carbonyl (C=O) groups is 2. The van der Waals surface area contributed by atoms with Gasteiger partial charge in [-0.3, -0.25) is 9.59 Å². The minimum absolute atomic E-state index is 0.213. The maximum absolute atomic E-state index is 12.7. The Kier molecular flexibility index (Phi) is 5.16. The summed E-state index contributed by atoms with van der Waals surface area (Å²) in [5.41, 5.74) is 1.40. The Morgan fingerprint density at radius 1 is 1.24 bits per heavy atom. The molecule has 7 heteroatoms. The van der Waals surface area contributed by atoms with Gasteiger partial charge in [-0.1, -0.05) is 35.3 Å². The van der Waals surface area contributed by atoms with Crippen LogP contribution in [0.25, 0.3) is 0 Å². The quantitative estimate of drug-likeness (QED) is 0.864. The summed E-state index contributed by atoms with van der Waals surface area (Å²) >= 11 is 12.1. The maximum atomic E-state index is 12.7. The summed E-state index contributed by atoms with van der Waals surface area (Å²) in [6.45, 7) is 1.97. The first-order valence-electron chi connectivity index (χ1n) is 7.72. The Bertz CT molecular complexity index is 826. The highest BCUT2D eigenvalue weighted by Crippen LogP contribution is 2.37. The number of fused-ring (bicyclic) bond motifs is 1. The molecule has 2 aromatic carbocycles. The van der Waals surface area contributed by atoms with Crippen LogP contribution in [0.2, 0.25) is 10.0 Å². The van der Waals surface area contributed by atoms with Crippen LogP contribution in [0.4, 0.5) is 5.69 Å². The molecule has 0 spiro atoms. The zero-order chi connectivity index (χ0) is 18.0. The molecule has 0 radical (unpaired) electrons. The lowest BCUT2D eigenvalue weighted by molar-refractivity contribution is -0.126. The number of halogens is 2. The fraction of sp³-hybridized carbons (Fsp3) is 0.222. The first-order valence-corrected chi connectivity index (χ1v) is 8.48. The van der Waals surface area contributed by atoms with Gasteiger partial charge in [0, 0.05) is 23.2 Å². The average molecular weight is 379 g/mol. The van der Waals surface area contributed by atoms with E-state index in [1.165, 1.54) is 6.92 Å². The van der Waals surface area contributed by atoms with Gasteiger partial charge >= 0.3 is 0 Å². The summed E-state index contributed by atoms with van der Waals surface area (Å²) in [4.78, 5) is 25.7. The van der Waals surface area contributed by atoms with Gasteiger partial charge < -0.3 is 15.0 Å². The van der Waals surface area contributed by atoms with Gasteiger partial charge in [0.25, 0.3) is 5.91 Å². The summed E-state index contributed by atoms with van der Waals surface area (Å²) < 4.78 is 5.66. The summed E-state index contributed by atoms with van der Waals surface area (Å²) in [6.07, 6.45) is 0. The van der Waals surface area contributed by atoms with E-state index in [0.717, 1.165) is 5.69 Å². The normalized spacial score (nSPS) is 15.9. The third kappa shape index (κ3) is 3.72. The highest BCUT2D eigenvalue weighted by atomic mass is 35.5. The molecule has 0 saturated carbocycles. The minimum atomic E-state index is -0.730. The number of amides is 2. The molecule has 0 aliphatic carbocycles. The van der Waals surface area contributed by atoms with Crippen LogP contribution in [0, 0.1) is 0 Å². The lowest BCUT2D eigenvalue weighted by Gasteiger charge is -2.18. The van der Waals surface area contributed by atoms with Crippen molar-refractivity contribution >= 4 is 40.7 Å². The molecule has 130 valence electrons. The van der Waals surface area contributed by atoms with Crippen LogP contribution >= 0.6 is 23.2 Å². The zero-order valence-electron chi connectivity index (χ0n) is 13.5. The Labute approximate surface area is 155 Å². The lowest BCUT2D eigenvalue weighted by Crippen LogP contribution is -2.38. The molecular weight excluding hydrogens is 363 g/mol. The number of carbonyl (C=O) groups excluding carboxylic acids is 2. The van der Waals surface area contributed by atoms with Crippen molar-refractivity contribution in [3.63, 3.8) is 0 Å². The molecule has 1 atom stereocenters. The van der Waals surface area contributed by atoms with Crippen molar-refractivity contribution in [3.05, 3.63) is 58.1 Å². The average Bonchev–Trinajstić information content (AvgIpc) is 2.81. The van der Waals surface area contributed by atoms with Gasteiger partial charge in [0.1, 0.15) is 18.4 Å². The molecule has 0 saturated heterocycles. The summed E-state index contributed by atoms with van der Waals surface area (Å²) in [7, 11) is 0. The topological polar surface area (TPSA) is 58.6 Å². The number of benzene rings is 2. The number of ether oxygens (including phenoxy) is 1. The molecule has 0 bridgehead atoms. The second-order valence-electron chi connectivity index (χ2n) is 5.61. The molecule has 1 heterocycles. The van der Waals surface area contributed by atoms with E-state index in [0.29, 0.717) is 27.9 Å². The number of hydrogen-bond donors (Lipinski definition) is 1. The fourth-order valence-electron chi connectivity index (χ4n) is 2.79. The smallest absolute Gasteiger partial charge is 0.254 e. The van der Waals surface area contributed by atoms with E-state index in [1.54, 1.807) is 35.2 Å². The predicted octanol–water partition coefficient (Wildman–Crippen LogP) is 3.60. The van der Waals surface area contributed by atoms with Crippen LogP contribution in [0.1, 0.15) is 18.5 Å². The first-order chi connectivity index (χ1) is 12.0. The standard InChI is InChI=1S/C18H16Cl2N2O3/c1-11(23)21-17-13-10-12(19)6-7-15(13)22(18(17)24)8-9-25-16-5-3-2-4-14(16)20/h2-7,10,17H,8-9H2,1H3,(H,21,23). The highest BCUT2D eigenvalue weighted by molar-refractivity contribution is 6.32. The van der Waals surface area contributed by atoms with Crippen molar-refractivity contribution in [2.24, 2.45) is 0 Å². The molecule has 3 rings (SSSR count). The van der Waals surface area contributed by atoms with Gasteiger partial charge in [0.2, 0.25) is 5.91 Å². The van der Waals surface area contributed by atoms with Gasteiger partial charge in [0.05, 0.1) is 11.6 Å². The van der Waals surface area contributed by atoms with Crippen LogP contribution < -0.4 is 15.0 Å². The second kappa shape index (κ2) is 7.33. The predicted molar refractivity (Wildman–Crippen MR) is 97.3 cm³/mol. The van der Waals surface area contributed by atoms with Crippen molar-refractivity contribution < 1.29 is 14.3 Å². The molecule has 25 heavy (non-hydrogen) atoms. The van der Waals surface area contributed by atoms with Crippen molar-refractivity contribution in [3.8, 4) is 5.75 Å². The fourth-order valence-corrected chi connectivity index (χ4v) is 3.16. The number of para-hydroxylation sites is 1. The minimum Gasteiger partial charge on any atom is -0.490 e. The number of nitrogens with zero attached hydrogens (tertiary/aromatic N) is 1. The molecule has 5 nitrogen and oxygen atoms in total. The van der Waals surface area contributed by atoms with Crippen molar-refractivity contribution in [1.82, 2.24) is 5.32 Å². The number of nitrogens with one attached hydrogen (secondary N) is 1. The van der Waals surface area contributed by atoms with Crippen LogP contribution in [-0.2, 0) is 9.59 Å². The zero-order valence-corrected chi connectivity index (χ0v) is 15.0. The Morgan fingerprint density at radius 3 is 2.72 bits per heavy atom. The van der Waals surface area contributed by atoms with Crippen LogP contribution in [0.15, 0.2) is 42.5 Å². The van der Waals surface area contributed by atoms with E-state index in [1.807, 2.05) is 12.1 Å². The van der Waals surface area contributed by atoms with E-state index < -0.39 is 6.04 Å². The highest BCUT2D eigenvalue weighted by Gasteiger charge is 2.37. The van der Waals surface area contributed by atoms with Crippen LogP contribution in [-0.4, -0.2) is 25.0 Å². The van der Waals surface area contributed by atoms with Gasteiger partial charge in [-0.25, -0.2) is 0 Å². The molecule has 1 aliphatic rings. The van der Waals surface area contributed by atoms with E-state index >= 15 is 0 Å². The van der Waals surface area contributed by atoms with Gasteiger partial charge in [-0.2, -0.15) is 0 Å². The van der Waals surface area contributed by atoms with Gasteiger partial charge in [0.15, 0.2) is 0 Å². The van der Waals surface area contributed by atoms with Crippen LogP contribution in [0.5, 0.6) is 5.75 Å².